The van der Waals surface area contributed by atoms with E-state index in [1.165, 1.54) is 38.8 Å². The second kappa shape index (κ2) is 11.0. The fourth-order valence-electron chi connectivity index (χ4n) is 4.96. The largest absolute Gasteiger partial charge is 0.468 e. The predicted octanol–water partition coefficient (Wildman–Crippen LogP) is 2.92. The van der Waals surface area contributed by atoms with E-state index in [1.807, 2.05) is 24.3 Å². The van der Waals surface area contributed by atoms with E-state index in [1.54, 1.807) is 30.5 Å². The van der Waals surface area contributed by atoms with E-state index >= 15 is 0 Å². The van der Waals surface area contributed by atoms with E-state index in [9.17, 15) is 19.6 Å². The maximum atomic E-state index is 14.2. The minimum Gasteiger partial charge on any atom is -0.468 e. The van der Waals surface area contributed by atoms with Gasteiger partial charge in [0.1, 0.15) is 47.4 Å². The van der Waals surface area contributed by atoms with Crippen LogP contribution >= 0.6 is 7.75 Å². The van der Waals surface area contributed by atoms with Crippen LogP contribution in [-0.2, 0) is 23.4 Å². The zero-order valence-electron chi connectivity index (χ0n) is 22.9. The van der Waals surface area contributed by atoms with Gasteiger partial charge < -0.3 is 34.5 Å². The summed E-state index contributed by atoms with van der Waals surface area (Å²) in [5.74, 6) is -0.196. The van der Waals surface area contributed by atoms with E-state index in [-0.39, 0.29) is 11.6 Å². The lowest BCUT2D eigenvalue weighted by atomic mass is 9.94. The highest BCUT2D eigenvalue weighted by atomic mass is 31.2. The Morgan fingerprint density at radius 1 is 1.17 bits per heavy atom. The van der Waals surface area contributed by atoms with Crippen LogP contribution in [0.5, 0.6) is 5.75 Å². The van der Waals surface area contributed by atoms with Crippen LogP contribution in [0.25, 0.3) is 21.8 Å². The molecule has 7 atom stereocenters. The lowest BCUT2D eigenvalue weighted by Crippen LogP contribution is -2.46. The molecule has 1 fully saturated rings. The second-order valence-corrected chi connectivity index (χ2v) is 11.7. The molecule has 2 aromatic heterocycles. The minimum atomic E-state index is -4.34. The summed E-state index contributed by atoms with van der Waals surface area (Å²) >= 11 is 0. The normalized spacial score (nSPS) is 25.6. The highest BCUT2D eigenvalue weighted by Gasteiger charge is 2.56. The van der Waals surface area contributed by atoms with Gasteiger partial charge >= 0.3 is 13.7 Å². The number of aliphatic hydroxyl groups excluding tert-OH is 1. The molecule has 5 N–H and O–H groups in total. The fourth-order valence-corrected chi connectivity index (χ4v) is 6.67. The van der Waals surface area contributed by atoms with Crippen molar-refractivity contribution >= 4 is 41.3 Å². The van der Waals surface area contributed by atoms with Crippen molar-refractivity contribution in [2.45, 2.75) is 57.0 Å². The topological polar surface area (TPSA) is 180 Å². The standard InChI is InChI=1S/C27H32N5O8P/c1-15(25(34)37-4)31-41(36,40-20-11-7-9-17-8-5-6-10-18(17)20)39-16(2)21-22(33)27(3,35)26(38-21)32-13-12-19-23(28)29-14-30-24(19)32/h5-16,21-22,26,33,35H,1-4H3,(H,31,36)(H2,28,29,30)/t15-,16?,21+,22+,26+,27+,41?/m0/s1. The Morgan fingerprint density at radius 2 is 1.90 bits per heavy atom. The number of nitrogens with zero attached hydrogens (tertiary/aromatic N) is 3. The van der Waals surface area contributed by atoms with Crippen LogP contribution in [0, 0.1) is 0 Å². The summed E-state index contributed by atoms with van der Waals surface area (Å²) in [5, 5.41) is 27.2. The van der Waals surface area contributed by atoms with Crippen molar-refractivity contribution in [2.75, 3.05) is 12.8 Å². The molecule has 1 aliphatic heterocycles. The third-order valence-corrected chi connectivity index (χ3v) is 8.88. The van der Waals surface area contributed by atoms with Crippen molar-refractivity contribution in [1.82, 2.24) is 19.6 Å². The Balaban J connectivity index is 1.45. The third-order valence-electron chi connectivity index (χ3n) is 7.13. The highest BCUT2D eigenvalue weighted by molar-refractivity contribution is 7.52. The van der Waals surface area contributed by atoms with E-state index < -0.39 is 49.9 Å². The number of nitrogen functional groups attached to an aromatic ring is 1. The van der Waals surface area contributed by atoms with Gasteiger partial charge in [-0.05, 0) is 38.3 Å². The number of rotatable bonds is 9. The van der Waals surface area contributed by atoms with Crippen molar-refractivity contribution in [3.63, 3.8) is 0 Å². The molecule has 2 aromatic carbocycles. The molecule has 5 rings (SSSR count). The number of esters is 1. The predicted molar refractivity (Wildman–Crippen MR) is 150 cm³/mol. The van der Waals surface area contributed by atoms with Crippen LogP contribution in [0.2, 0.25) is 0 Å². The Morgan fingerprint density at radius 3 is 2.66 bits per heavy atom. The number of aromatic nitrogens is 3. The van der Waals surface area contributed by atoms with Gasteiger partial charge in [-0.3, -0.25) is 9.32 Å². The van der Waals surface area contributed by atoms with Gasteiger partial charge in [0.2, 0.25) is 0 Å². The Kier molecular flexibility index (Phi) is 7.77. The average Bonchev–Trinajstić information content (AvgIpc) is 3.47. The first-order valence-corrected chi connectivity index (χ1v) is 14.4. The van der Waals surface area contributed by atoms with Gasteiger partial charge in [0.15, 0.2) is 6.23 Å². The van der Waals surface area contributed by atoms with Crippen LogP contribution in [0.4, 0.5) is 5.82 Å². The molecule has 2 unspecified atom stereocenters. The molecule has 0 bridgehead atoms. The molecule has 0 saturated carbocycles. The molecule has 0 aliphatic carbocycles. The number of ether oxygens (including phenoxy) is 2. The summed E-state index contributed by atoms with van der Waals surface area (Å²) < 4.78 is 38.5. The first-order valence-electron chi connectivity index (χ1n) is 12.9. The molecule has 0 radical (unpaired) electrons. The quantitative estimate of drug-likeness (QED) is 0.167. The Bertz CT molecular complexity index is 1620. The van der Waals surface area contributed by atoms with E-state index in [2.05, 4.69) is 15.1 Å². The molecule has 1 saturated heterocycles. The van der Waals surface area contributed by atoms with Crippen LogP contribution in [0.3, 0.4) is 0 Å². The summed E-state index contributed by atoms with van der Waals surface area (Å²) in [6, 6.07) is 13.2. The zero-order valence-corrected chi connectivity index (χ0v) is 23.8. The zero-order chi connectivity index (χ0) is 29.5. The summed E-state index contributed by atoms with van der Waals surface area (Å²) in [6.45, 7) is 4.38. The number of carbonyl (C=O) groups excluding carboxylic acids is 1. The summed E-state index contributed by atoms with van der Waals surface area (Å²) in [6.07, 6.45) is -1.98. The summed E-state index contributed by atoms with van der Waals surface area (Å²) in [4.78, 5) is 20.4. The van der Waals surface area contributed by atoms with Gasteiger partial charge in [-0.15, -0.1) is 0 Å². The second-order valence-electron chi connectivity index (χ2n) is 10.1. The average molecular weight is 586 g/mol. The van der Waals surface area contributed by atoms with Gasteiger partial charge in [0.25, 0.3) is 0 Å². The maximum absolute atomic E-state index is 14.2. The number of carbonyl (C=O) groups is 1. The minimum absolute atomic E-state index is 0.247. The number of nitrogens with one attached hydrogen (secondary N) is 1. The first kappa shape index (κ1) is 28.9. The lowest BCUT2D eigenvalue weighted by Gasteiger charge is -2.29. The molecule has 41 heavy (non-hydrogen) atoms. The number of nitrogens with two attached hydrogens (primary N) is 1. The van der Waals surface area contributed by atoms with Gasteiger partial charge in [0, 0.05) is 11.6 Å². The van der Waals surface area contributed by atoms with Gasteiger partial charge in [-0.1, -0.05) is 36.4 Å². The summed E-state index contributed by atoms with van der Waals surface area (Å²) in [7, 11) is -3.14. The summed E-state index contributed by atoms with van der Waals surface area (Å²) in [5.41, 5.74) is 4.53. The molecular formula is C27H32N5O8P. The van der Waals surface area contributed by atoms with E-state index in [0.717, 1.165) is 5.39 Å². The van der Waals surface area contributed by atoms with Gasteiger partial charge in [0.05, 0.1) is 18.6 Å². The highest BCUT2D eigenvalue weighted by Crippen LogP contribution is 2.50. The van der Waals surface area contributed by atoms with Crippen molar-refractivity contribution in [1.29, 1.82) is 0 Å². The van der Waals surface area contributed by atoms with Crippen LogP contribution < -0.4 is 15.3 Å². The molecule has 4 aromatic rings. The third kappa shape index (κ3) is 5.40. The first-order chi connectivity index (χ1) is 19.4. The molecular weight excluding hydrogens is 553 g/mol. The smallest absolute Gasteiger partial charge is 0.459 e. The number of anilines is 1. The monoisotopic (exact) mass is 585 g/mol. The van der Waals surface area contributed by atoms with Gasteiger partial charge in [-0.2, -0.15) is 5.09 Å². The Hall–Kier alpha value is -3.58. The molecule has 0 spiro atoms. The lowest BCUT2D eigenvalue weighted by molar-refractivity contribution is -0.142. The number of benzene rings is 2. The Labute approximate surface area is 235 Å². The molecule has 0 amide bonds. The van der Waals surface area contributed by atoms with Gasteiger partial charge in [-0.25, -0.2) is 14.5 Å². The molecule has 218 valence electrons. The fraction of sp³-hybridized carbons (Fsp3) is 0.370. The number of hydrogen-bond acceptors (Lipinski definition) is 11. The molecule has 3 heterocycles. The van der Waals surface area contributed by atoms with Crippen LogP contribution in [0.1, 0.15) is 27.0 Å². The van der Waals surface area contributed by atoms with Crippen LogP contribution in [0.15, 0.2) is 61.1 Å². The number of aliphatic hydroxyl groups is 2. The number of fused-ring (bicyclic) bond motifs is 2. The molecule has 1 aliphatic rings. The molecule has 14 heteroatoms. The van der Waals surface area contributed by atoms with Crippen molar-refractivity contribution in [2.24, 2.45) is 0 Å². The van der Waals surface area contributed by atoms with E-state index in [0.29, 0.717) is 16.4 Å². The maximum Gasteiger partial charge on any atom is 0.459 e. The molecule has 13 nitrogen and oxygen atoms in total. The number of methoxy groups -OCH3 is 1. The van der Waals surface area contributed by atoms with Crippen molar-refractivity contribution < 1.29 is 38.1 Å². The van der Waals surface area contributed by atoms with Crippen LogP contribution in [-0.4, -0.2) is 67.8 Å². The number of hydrogen-bond donors (Lipinski definition) is 4. The SMILES string of the molecule is COC(=O)[C@H](C)NP(=O)(Oc1cccc2ccccc12)OC(C)[C@H]1O[C@@H](n2ccc3c(N)ncnc32)[C@](C)(O)[C@@H]1O. The van der Waals surface area contributed by atoms with Crippen molar-refractivity contribution in [3.05, 3.63) is 61.1 Å². The van der Waals surface area contributed by atoms with Crippen molar-refractivity contribution in [3.8, 4) is 5.75 Å². The van der Waals surface area contributed by atoms with E-state index in [4.69, 9.17) is 24.3 Å².